The highest BCUT2D eigenvalue weighted by molar-refractivity contribution is 6.50. The minimum absolute atomic E-state index is 1.16. The summed E-state index contributed by atoms with van der Waals surface area (Å²) in [6.45, 7) is 0. The molecule has 4 rings (SSSR count). The molecule has 3 aromatic carbocycles. The minimum atomic E-state index is -6.00. The summed E-state index contributed by atoms with van der Waals surface area (Å²) in [7, 11) is -6.00. The van der Waals surface area contributed by atoms with Crippen molar-refractivity contribution in [2.24, 2.45) is 0 Å². The summed E-state index contributed by atoms with van der Waals surface area (Å²) in [5, 5.41) is 2.52. The third kappa shape index (κ3) is 4.50. The SMILES string of the molecule is F[B-](F)(F)F.c1ccc(-n2cc[n+](-c3cccc4ccccc34)c2)cc1. The molecule has 1 aromatic heterocycles. The first-order valence-electron chi connectivity index (χ1n) is 7.92. The molecule has 0 bridgehead atoms. The van der Waals surface area contributed by atoms with Gasteiger partial charge in [0.15, 0.2) is 0 Å². The normalized spacial score (nSPS) is 11.1. The maximum Gasteiger partial charge on any atom is 0.673 e. The third-order valence-corrected chi connectivity index (χ3v) is 3.74. The predicted molar refractivity (Wildman–Crippen MR) is 95.0 cm³/mol. The quantitative estimate of drug-likeness (QED) is 0.264. The van der Waals surface area contributed by atoms with E-state index in [9.17, 15) is 17.3 Å². The minimum Gasteiger partial charge on any atom is -0.418 e. The van der Waals surface area contributed by atoms with E-state index in [0.717, 1.165) is 5.69 Å². The van der Waals surface area contributed by atoms with Crippen molar-refractivity contribution in [3.63, 3.8) is 0 Å². The number of aromatic nitrogens is 2. The zero-order valence-electron chi connectivity index (χ0n) is 13.6. The Bertz CT molecular complexity index is 986. The number of imidazole rings is 1. The van der Waals surface area contributed by atoms with Crippen LogP contribution in [0.4, 0.5) is 17.3 Å². The number of fused-ring (bicyclic) bond motifs is 1. The Hall–Kier alpha value is -3.09. The first kappa shape index (κ1) is 17.7. The Kier molecular flexibility index (Phi) is 5.07. The maximum atomic E-state index is 9.75. The molecule has 0 spiro atoms. The molecule has 0 amide bonds. The number of halogens is 4. The summed E-state index contributed by atoms with van der Waals surface area (Å²) >= 11 is 0. The summed E-state index contributed by atoms with van der Waals surface area (Å²) in [4.78, 5) is 0. The Morgan fingerprint density at radius 2 is 1.35 bits per heavy atom. The van der Waals surface area contributed by atoms with Crippen LogP contribution in [-0.2, 0) is 0 Å². The highest BCUT2D eigenvalue weighted by Crippen LogP contribution is 2.18. The van der Waals surface area contributed by atoms with Crippen molar-refractivity contribution >= 4 is 18.0 Å². The first-order valence-corrected chi connectivity index (χ1v) is 7.92. The van der Waals surface area contributed by atoms with E-state index in [4.69, 9.17) is 0 Å². The largest absolute Gasteiger partial charge is 0.673 e. The van der Waals surface area contributed by atoms with Gasteiger partial charge in [-0.15, -0.1) is 0 Å². The smallest absolute Gasteiger partial charge is 0.418 e. The fourth-order valence-electron chi connectivity index (χ4n) is 2.68. The molecule has 0 aliphatic rings. The maximum absolute atomic E-state index is 9.75. The fraction of sp³-hybridized carbons (Fsp3) is 0. The van der Waals surface area contributed by atoms with Gasteiger partial charge in [-0.05, 0) is 23.6 Å². The number of benzene rings is 3. The number of hydrogen-bond donors (Lipinski definition) is 0. The number of hydrogen-bond acceptors (Lipinski definition) is 0. The summed E-state index contributed by atoms with van der Waals surface area (Å²) in [5.74, 6) is 0. The van der Waals surface area contributed by atoms with Crippen molar-refractivity contribution in [1.82, 2.24) is 4.57 Å². The Balaban J connectivity index is 0.000000349. The second-order valence-corrected chi connectivity index (χ2v) is 5.56. The van der Waals surface area contributed by atoms with Gasteiger partial charge < -0.3 is 17.3 Å². The molecular weight excluding hydrogens is 343 g/mol. The Labute approximate surface area is 148 Å². The second kappa shape index (κ2) is 7.43. The molecule has 0 saturated carbocycles. The zero-order valence-corrected chi connectivity index (χ0v) is 13.6. The van der Waals surface area contributed by atoms with Gasteiger partial charge in [-0.3, -0.25) is 0 Å². The van der Waals surface area contributed by atoms with Crippen LogP contribution in [0.1, 0.15) is 0 Å². The van der Waals surface area contributed by atoms with E-state index in [2.05, 4.69) is 94.6 Å². The van der Waals surface area contributed by atoms with Crippen LogP contribution in [-0.4, -0.2) is 11.8 Å². The molecule has 1 heterocycles. The standard InChI is InChI=1S/C19H15N2.BF4/c1-2-9-17(10-3-1)20-13-14-21(15-20)19-12-6-8-16-7-4-5-11-18(16)19;2-1(3,4)5/h1-15H;/q+1;-1. The lowest BCUT2D eigenvalue weighted by molar-refractivity contribution is -0.593. The average Bonchev–Trinajstić information content (AvgIpc) is 3.10. The molecule has 0 fully saturated rings. The van der Waals surface area contributed by atoms with Gasteiger partial charge in [0.2, 0.25) is 0 Å². The van der Waals surface area contributed by atoms with Crippen LogP contribution >= 0.6 is 0 Å². The van der Waals surface area contributed by atoms with E-state index in [1.54, 1.807) is 0 Å². The van der Waals surface area contributed by atoms with Gasteiger partial charge in [0.25, 0.3) is 6.33 Å². The van der Waals surface area contributed by atoms with Gasteiger partial charge in [-0.1, -0.05) is 54.6 Å². The van der Waals surface area contributed by atoms with Gasteiger partial charge >= 0.3 is 7.25 Å². The molecule has 0 radical (unpaired) electrons. The highest BCUT2D eigenvalue weighted by Gasteiger charge is 2.20. The van der Waals surface area contributed by atoms with Gasteiger partial charge in [-0.25, -0.2) is 9.13 Å². The van der Waals surface area contributed by atoms with Crippen LogP contribution < -0.4 is 4.57 Å². The van der Waals surface area contributed by atoms with Crippen LogP contribution in [0.5, 0.6) is 0 Å². The van der Waals surface area contributed by atoms with E-state index in [1.807, 2.05) is 6.07 Å². The third-order valence-electron chi connectivity index (χ3n) is 3.74. The molecule has 132 valence electrons. The molecule has 7 heteroatoms. The Morgan fingerprint density at radius 3 is 2.08 bits per heavy atom. The average molecular weight is 358 g/mol. The van der Waals surface area contributed by atoms with E-state index in [1.165, 1.54) is 16.5 Å². The summed E-state index contributed by atoms with van der Waals surface area (Å²) in [5.41, 5.74) is 2.36. The number of para-hydroxylation sites is 1. The van der Waals surface area contributed by atoms with Crippen molar-refractivity contribution in [3.8, 4) is 11.4 Å². The van der Waals surface area contributed by atoms with E-state index >= 15 is 0 Å². The van der Waals surface area contributed by atoms with Gasteiger partial charge in [0.05, 0.1) is 0 Å². The molecule has 0 saturated heterocycles. The van der Waals surface area contributed by atoms with Gasteiger partial charge in [-0.2, -0.15) is 0 Å². The predicted octanol–water partition coefficient (Wildman–Crippen LogP) is 5.21. The first-order chi connectivity index (χ1) is 12.4. The molecule has 0 unspecified atom stereocenters. The van der Waals surface area contributed by atoms with E-state index in [-0.39, 0.29) is 0 Å². The van der Waals surface area contributed by atoms with Crippen molar-refractivity contribution < 1.29 is 21.8 Å². The Morgan fingerprint density at radius 1 is 0.731 bits per heavy atom. The topological polar surface area (TPSA) is 8.81 Å². The molecule has 0 aliphatic heterocycles. The summed E-state index contributed by atoms with van der Waals surface area (Å²) in [6, 6.07) is 25.2. The fourth-order valence-corrected chi connectivity index (χ4v) is 2.68. The van der Waals surface area contributed by atoms with Gasteiger partial charge in [0, 0.05) is 5.39 Å². The molecule has 0 N–H and O–H groups in total. The molecule has 0 aliphatic carbocycles. The van der Waals surface area contributed by atoms with Crippen molar-refractivity contribution in [1.29, 1.82) is 0 Å². The highest BCUT2D eigenvalue weighted by atomic mass is 19.5. The second-order valence-electron chi connectivity index (χ2n) is 5.56. The number of nitrogens with zero attached hydrogens (tertiary/aromatic N) is 2. The van der Waals surface area contributed by atoms with E-state index in [0.29, 0.717) is 0 Å². The lowest BCUT2D eigenvalue weighted by Crippen LogP contribution is -2.27. The zero-order chi connectivity index (χ0) is 18.6. The molecular formula is C19H15BF4N2. The number of rotatable bonds is 2. The van der Waals surface area contributed by atoms with Crippen molar-refractivity contribution in [2.45, 2.75) is 0 Å². The van der Waals surface area contributed by atoms with Gasteiger partial charge in [0.1, 0.15) is 23.8 Å². The van der Waals surface area contributed by atoms with Crippen LogP contribution in [0.15, 0.2) is 91.5 Å². The monoisotopic (exact) mass is 358 g/mol. The summed E-state index contributed by atoms with van der Waals surface area (Å²) < 4.78 is 43.3. The lowest BCUT2D eigenvalue weighted by atomic mass is 10.1. The molecule has 2 nitrogen and oxygen atoms in total. The molecule has 26 heavy (non-hydrogen) atoms. The van der Waals surface area contributed by atoms with Crippen molar-refractivity contribution in [3.05, 3.63) is 91.5 Å². The van der Waals surface area contributed by atoms with Crippen LogP contribution in [0.3, 0.4) is 0 Å². The van der Waals surface area contributed by atoms with Crippen LogP contribution in [0.2, 0.25) is 0 Å². The summed E-state index contributed by atoms with van der Waals surface area (Å²) in [6.07, 6.45) is 6.28. The molecule has 0 atom stereocenters. The molecule has 4 aromatic rings. The van der Waals surface area contributed by atoms with E-state index < -0.39 is 7.25 Å². The van der Waals surface area contributed by atoms with Crippen LogP contribution in [0.25, 0.3) is 22.1 Å². The lowest BCUT2D eigenvalue weighted by Gasteiger charge is -2.02. The van der Waals surface area contributed by atoms with Crippen LogP contribution in [0, 0.1) is 0 Å². The van der Waals surface area contributed by atoms with Crippen molar-refractivity contribution in [2.75, 3.05) is 0 Å².